The number of methoxy groups -OCH3 is 1. The summed E-state index contributed by atoms with van der Waals surface area (Å²) in [4.78, 5) is 29.0. The van der Waals surface area contributed by atoms with Crippen molar-refractivity contribution in [1.29, 1.82) is 0 Å². The Morgan fingerprint density at radius 3 is 2.07 bits per heavy atom. The first-order chi connectivity index (χ1) is 21.0. The summed E-state index contributed by atoms with van der Waals surface area (Å²) in [6, 6.07) is 25.3. The Balaban J connectivity index is 1.81. The van der Waals surface area contributed by atoms with Crippen LogP contribution in [0.3, 0.4) is 0 Å². The second-order valence-corrected chi connectivity index (χ2v) is 12.8. The van der Waals surface area contributed by atoms with E-state index in [4.69, 9.17) is 39.5 Å². The molecule has 0 spiro atoms. The SMILES string of the molecule is CNC(=O)C(Cc1ccccc1)N(Cc1ccc(Cl)c(Cl)c1)C(=O)CN(c1ccc(OC)c(Cl)c1)S(=O)(=O)c1ccccc1. The van der Waals surface area contributed by atoms with Gasteiger partial charge in [-0.2, -0.15) is 0 Å². The zero-order valence-corrected chi connectivity index (χ0v) is 27.0. The van der Waals surface area contributed by atoms with Gasteiger partial charge in [-0.25, -0.2) is 8.42 Å². The fraction of sp³-hybridized carbons (Fsp3) is 0.188. The third-order valence-electron chi connectivity index (χ3n) is 6.89. The van der Waals surface area contributed by atoms with Crippen LogP contribution in [0, 0.1) is 0 Å². The smallest absolute Gasteiger partial charge is 0.264 e. The van der Waals surface area contributed by atoms with Crippen LogP contribution in [0.5, 0.6) is 5.75 Å². The van der Waals surface area contributed by atoms with Gasteiger partial charge in [-0.05, 0) is 53.6 Å². The molecule has 0 aliphatic rings. The summed E-state index contributed by atoms with van der Waals surface area (Å²) in [7, 11) is -1.35. The number of ether oxygens (including phenoxy) is 1. The highest BCUT2D eigenvalue weighted by molar-refractivity contribution is 7.92. The van der Waals surface area contributed by atoms with E-state index in [1.165, 1.54) is 49.4 Å². The quantitative estimate of drug-likeness (QED) is 0.192. The molecule has 12 heteroatoms. The third-order valence-corrected chi connectivity index (χ3v) is 9.71. The summed E-state index contributed by atoms with van der Waals surface area (Å²) in [5.74, 6) is -0.720. The molecule has 1 N–H and O–H groups in total. The van der Waals surface area contributed by atoms with Gasteiger partial charge < -0.3 is 15.0 Å². The fourth-order valence-corrected chi connectivity index (χ4v) is 6.61. The first kappa shape index (κ1) is 33.1. The van der Waals surface area contributed by atoms with E-state index in [0.717, 1.165) is 9.87 Å². The minimum absolute atomic E-state index is 0.0251. The van der Waals surface area contributed by atoms with Crippen LogP contribution in [-0.4, -0.2) is 51.9 Å². The Labute approximate surface area is 272 Å². The van der Waals surface area contributed by atoms with E-state index in [2.05, 4.69) is 5.32 Å². The Morgan fingerprint density at radius 2 is 1.48 bits per heavy atom. The number of sulfonamides is 1. The van der Waals surface area contributed by atoms with Crippen molar-refractivity contribution in [2.24, 2.45) is 0 Å². The molecule has 1 unspecified atom stereocenters. The highest BCUT2D eigenvalue weighted by Gasteiger charge is 2.34. The average Bonchev–Trinajstić information content (AvgIpc) is 3.03. The first-order valence-corrected chi connectivity index (χ1v) is 16.0. The van der Waals surface area contributed by atoms with Gasteiger partial charge in [0.25, 0.3) is 10.0 Å². The minimum atomic E-state index is -4.27. The molecule has 0 saturated carbocycles. The maximum atomic E-state index is 14.3. The van der Waals surface area contributed by atoms with Crippen molar-refractivity contribution in [2.75, 3.05) is 25.0 Å². The second kappa shape index (κ2) is 14.8. The van der Waals surface area contributed by atoms with E-state index in [0.29, 0.717) is 16.3 Å². The van der Waals surface area contributed by atoms with Crippen LogP contribution in [0.15, 0.2) is 102 Å². The van der Waals surface area contributed by atoms with Gasteiger partial charge in [0, 0.05) is 20.0 Å². The first-order valence-electron chi connectivity index (χ1n) is 13.5. The molecule has 1 atom stereocenters. The minimum Gasteiger partial charge on any atom is -0.495 e. The number of amides is 2. The maximum Gasteiger partial charge on any atom is 0.264 e. The topological polar surface area (TPSA) is 96.0 Å². The molecule has 0 aliphatic carbocycles. The van der Waals surface area contributed by atoms with E-state index in [-0.39, 0.29) is 33.6 Å². The fourth-order valence-electron chi connectivity index (χ4n) is 4.61. The Kier molecular flexibility index (Phi) is 11.2. The zero-order valence-electron chi connectivity index (χ0n) is 23.9. The van der Waals surface area contributed by atoms with Crippen LogP contribution in [0.25, 0.3) is 0 Å². The van der Waals surface area contributed by atoms with Crippen molar-refractivity contribution < 1.29 is 22.7 Å². The lowest BCUT2D eigenvalue weighted by atomic mass is 10.0. The third kappa shape index (κ3) is 7.84. The van der Waals surface area contributed by atoms with Gasteiger partial charge in [0.2, 0.25) is 11.8 Å². The van der Waals surface area contributed by atoms with Gasteiger partial charge in [0.05, 0.1) is 32.8 Å². The molecule has 0 aliphatic heterocycles. The molecule has 230 valence electrons. The summed E-state index contributed by atoms with van der Waals surface area (Å²) < 4.78 is 34.2. The van der Waals surface area contributed by atoms with E-state index in [1.54, 1.807) is 36.4 Å². The molecule has 8 nitrogen and oxygen atoms in total. The number of likely N-dealkylation sites (N-methyl/N-ethyl adjacent to an activating group) is 1. The summed E-state index contributed by atoms with van der Waals surface area (Å²) in [5, 5.41) is 3.41. The number of carbonyl (C=O) groups is 2. The molecule has 0 saturated heterocycles. The standard InChI is InChI=1S/C32H30Cl3N3O5S/c1-36-32(40)29(18-22-9-5-3-6-10-22)37(20-23-13-15-26(33)27(34)17-23)31(39)21-38(24-14-16-30(43-2)28(35)19-24)44(41,42)25-11-7-4-8-12-25/h3-17,19,29H,18,20-21H2,1-2H3,(H,36,40). The maximum absolute atomic E-state index is 14.3. The number of carbonyl (C=O) groups excluding carboxylic acids is 2. The van der Waals surface area contributed by atoms with Crippen molar-refractivity contribution >= 4 is 62.3 Å². The monoisotopic (exact) mass is 673 g/mol. The molecule has 2 amide bonds. The number of anilines is 1. The normalized spacial score (nSPS) is 11.8. The van der Waals surface area contributed by atoms with Gasteiger partial charge in [-0.1, -0.05) is 89.4 Å². The average molecular weight is 675 g/mol. The van der Waals surface area contributed by atoms with Gasteiger partial charge in [-0.3, -0.25) is 13.9 Å². The molecule has 44 heavy (non-hydrogen) atoms. The second-order valence-electron chi connectivity index (χ2n) is 9.73. The number of nitrogens with one attached hydrogen (secondary N) is 1. The molecule has 4 aromatic carbocycles. The van der Waals surface area contributed by atoms with E-state index >= 15 is 0 Å². The number of halogens is 3. The molecular weight excluding hydrogens is 645 g/mol. The lowest BCUT2D eigenvalue weighted by molar-refractivity contribution is -0.139. The van der Waals surface area contributed by atoms with Crippen molar-refractivity contribution in [3.8, 4) is 5.75 Å². The lowest BCUT2D eigenvalue weighted by Crippen LogP contribution is -2.53. The molecule has 0 bridgehead atoms. The molecule has 0 fully saturated rings. The van der Waals surface area contributed by atoms with Crippen LogP contribution in [0.2, 0.25) is 15.1 Å². The molecule has 0 aromatic heterocycles. The Hall–Kier alpha value is -3.76. The van der Waals surface area contributed by atoms with E-state index in [9.17, 15) is 18.0 Å². The van der Waals surface area contributed by atoms with Crippen molar-refractivity contribution in [1.82, 2.24) is 10.2 Å². The summed E-state index contributed by atoms with van der Waals surface area (Å²) in [6.45, 7) is -0.688. The Bertz CT molecular complexity index is 1720. The number of hydrogen-bond donors (Lipinski definition) is 1. The van der Waals surface area contributed by atoms with E-state index < -0.39 is 34.4 Å². The van der Waals surface area contributed by atoms with Crippen LogP contribution < -0.4 is 14.4 Å². The molecule has 4 rings (SSSR count). The van der Waals surface area contributed by atoms with Gasteiger partial charge in [0.1, 0.15) is 18.3 Å². The number of nitrogens with zero attached hydrogens (tertiary/aromatic N) is 2. The predicted octanol–water partition coefficient (Wildman–Crippen LogP) is 6.24. The van der Waals surface area contributed by atoms with Gasteiger partial charge in [-0.15, -0.1) is 0 Å². The molecule has 0 radical (unpaired) electrons. The number of rotatable bonds is 12. The van der Waals surface area contributed by atoms with Gasteiger partial charge in [0.15, 0.2) is 0 Å². The zero-order chi connectivity index (χ0) is 31.9. The lowest BCUT2D eigenvalue weighted by Gasteiger charge is -2.33. The van der Waals surface area contributed by atoms with Crippen molar-refractivity contribution in [2.45, 2.75) is 23.9 Å². The Morgan fingerprint density at radius 1 is 0.818 bits per heavy atom. The van der Waals surface area contributed by atoms with Crippen LogP contribution in [0.1, 0.15) is 11.1 Å². The summed E-state index contributed by atoms with van der Waals surface area (Å²) >= 11 is 18.8. The van der Waals surface area contributed by atoms with Crippen molar-refractivity contribution in [3.63, 3.8) is 0 Å². The van der Waals surface area contributed by atoms with Crippen LogP contribution >= 0.6 is 34.8 Å². The molecular formula is C32H30Cl3N3O5S. The molecule has 0 heterocycles. The van der Waals surface area contributed by atoms with Crippen LogP contribution in [-0.2, 0) is 32.6 Å². The summed E-state index contributed by atoms with van der Waals surface area (Å²) in [6.07, 6.45) is 0.174. The highest BCUT2D eigenvalue weighted by Crippen LogP contribution is 2.32. The molecule has 4 aromatic rings. The number of benzene rings is 4. The predicted molar refractivity (Wildman–Crippen MR) is 174 cm³/mol. The van der Waals surface area contributed by atoms with E-state index in [1.807, 2.05) is 30.3 Å². The largest absolute Gasteiger partial charge is 0.495 e. The van der Waals surface area contributed by atoms with Gasteiger partial charge >= 0.3 is 0 Å². The summed E-state index contributed by atoms with van der Waals surface area (Å²) in [5.41, 5.74) is 1.55. The van der Waals surface area contributed by atoms with Crippen LogP contribution in [0.4, 0.5) is 5.69 Å². The van der Waals surface area contributed by atoms with Crippen molar-refractivity contribution in [3.05, 3.63) is 123 Å². The highest BCUT2D eigenvalue weighted by atomic mass is 35.5. The number of hydrogen-bond acceptors (Lipinski definition) is 5.